The predicted octanol–water partition coefficient (Wildman–Crippen LogP) is 1.98. The van der Waals surface area contributed by atoms with Gasteiger partial charge in [0.2, 0.25) is 11.8 Å². The summed E-state index contributed by atoms with van der Waals surface area (Å²) in [7, 11) is 1.29. The Balaban J connectivity index is 1.56. The highest BCUT2D eigenvalue weighted by atomic mass is 16.5. The maximum Gasteiger partial charge on any atom is 0.337 e. The smallest absolute Gasteiger partial charge is 0.337 e. The summed E-state index contributed by atoms with van der Waals surface area (Å²) < 4.78 is 9.52. The van der Waals surface area contributed by atoms with Crippen LogP contribution in [-0.4, -0.2) is 30.1 Å². The number of nitrogens with zero attached hydrogens (tertiary/aromatic N) is 1. The molecule has 0 spiro atoms. The molecule has 130 valence electrons. The van der Waals surface area contributed by atoms with E-state index in [0.717, 1.165) is 0 Å². The molecular formula is C17H17N3O5. The topological polar surface area (TPSA) is 111 Å². The zero-order chi connectivity index (χ0) is 18.0. The molecule has 2 unspecified atom stereocenters. The van der Waals surface area contributed by atoms with E-state index in [1.54, 1.807) is 31.2 Å². The second-order valence-corrected chi connectivity index (χ2v) is 5.82. The number of esters is 1. The van der Waals surface area contributed by atoms with Crippen LogP contribution in [0.5, 0.6) is 0 Å². The van der Waals surface area contributed by atoms with Crippen molar-refractivity contribution in [1.82, 2.24) is 5.16 Å². The lowest BCUT2D eigenvalue weighted by Gasteiger charge is -2.06. The van der Waals surface area contributed by atoms with Crippen LogP contribution in [0.2, 0.25) is 0 Å². The highest BCUT2D eigenvalue weighted by Crippen LogP contribution is 2.40. The molecule has 0 radical (unpaired) electrons. The van der Waals surface area contributed by atoms with Gasteiger partial charge in [0, 0.05) is 11.8 Å². The fourth-order valence-corrected chi connectivity index (χ4v) is 2.50. The summed E-state index contributed by atoms with van der Waals surface area (Å²) in [5.74, 6) is -0.904. The number of methoxy groups -OCH3 is 1. The summed E-state index contributed by atoms with van der Waals surface area (Å²) >= 11 is 0. The molecule has 8 heteroatoms. The Morgan fingerprint density at radius 1 is 1.16 bits per heavy atom. The highest BCUT2D eigenvalue weighted by Gasteiger charge is 2.48. The molecule has 1 aromatic carbocycles. The molecule has 1 aliphatic carbocycles. The lowest BCUT2D eigenvalue weighted by atomic mass is 10.2. The molecule has 2 atom stereocenters. The summed E-state index contributed by atoms with van der Waals surface area (Å²) in [6.45, 7) is 1.72. The first-order valence-electron chi connectivity index (χ1n) is 7.71. The van der Waals surface area contributed by atoms with E-state index in [2.05, 4.69) is 20.5 Å². The summed E-state index contributed by atoms with van der Waals surface area (Å²) in [6.07, 6.45) is 0.463. The molecule has 1 heterocycles. The number of benzene rings is 1. The molecule has 25 heavy (non-hydrogen) atoms. The van der Waals surface area contributed by atoms with Crippen LogP contribution in [0.3, 0.4) is 0 Å². The number of rotatable bonds is 5. The second kappa shape index (κ2) is 6.76. The number of hydrogen-bond acceptors (Lipinski definition) is 6. The van der Waals surface area contributed by atoms with E-state index in [1.807, 2.05) is 0 Å². The van der Waals surface area contributed by atoms with Crippen LogP contribution in [0.1, 0.15) is 22.5 Å². The average molecular weight is 343 g/mol. The van der Waals surface area contributed by atoms with E-state index in [9.17, 15) is 14.4 Å². The molecule has 2 aromatic rings. The number of hydrogen-bond donors (Lipinski definition) is 2. The van der Waals surface area contributed by atoms with Crippen molar-refractivity contribution in [1.29, 1.82) is 0 Å². The van der Waals surface area contributed by atoms with Gasteiger partial charge in [-0.3, -0.25) is 9.59 Å². The van der Waals surface area contributed by atoms with Crippen molar-refractivity contribution in [2.75, 3.05) is 17.7 Å². The van der Waals surface area contributed by atoms with Gasteiger partial charge in [-0.2, -0.15) is 0 Å². The normalized spacial score (nSPS) is 18.3. The number of nitrogens with one attached hydrogen (secondary N) is 2. The summed E-state index contributed by atoms with van der Waals surface area (Å²) in [4.78, 5) is 35.9. The standard InChI is InChI=1S/C17H17N3O5/c1-9-6-14(20-25-9)19-16(22)13-8-12(13)15(21)18-11-5-3-4-10(7-11)17(23)24-2/h3-7,12-13H,8H2,1-2H3,(H,18,21)(H,19,20,22). The van der Waals surface area contributed by atoms with E-state index in [4.69, 9.17) is 4.52 Å². The van der Waals surface area contributed by atoms with Gasteiger partial charge in [-0.1, -0.05) is 11.2 Å². The number of aryl methyl sites for hydroxylation is 1. The Hall–Kier alpha value is -3.16. The van der Waals surface area contributed by atoms with Gasteiger partial charge in [0.05, 0.1) is 24.5 Å². The fraction of sp³-hybridized carbons (Fsp3) is 0.294. The molecule has 0 aliphatic heterocycles. The zero-order valence-corrected chi connectivity index (χ0v) is 13.7. The summed E-state index contributed by atoms with van der Waals surface area (Å²) in [5, 5.41) is 9.02. The molecular weight excluding hydrogens is 326 g/mol. The maximum absolute atomic E-state index is 12.3. The molecule has 1 saturated carbocycles. The second-order valence-electron chi connectivity index (χ2n) is 5.82. The fourth-order valence-electron chi connectivity index (χ4n) is 2.50. The summed E-state index contributed by atoms with van der Waals surface area (Å²) in [5.41, 5.74) is 0.817. The van der Waals surface area contributed by atoms with Crippen LogP contribution in [0.15, 0.2) is 34.9 Å². The van der Waals surface area contributed by atoms with E-state index in [-0.39, 0.29) is 11.8 Å². The number of carbonyl (C=O) groups excluding carboxylic acids is 3. The van der Waals surface area contributed by atoms with Crippen molar-refractivity contribution in [3.05, 3.63) is 41.7 Å². The van der Waals surface area contributed by atoms with Crippen molar-refractivity contribution in [3.8, 4) is 0 Å². The zero-order valence-electron chi connectivity index (χ0n) is 13.7. The minimum Gasteiger partial charge on any atom is -0.465 e. The number of anilines is 2. The third kappa shape index (κ3) is 3.85. The van der Waals surface area contributed by atoms with Crippen molar-refractivity contribution < 1.29 is 23.6 Å². The monoisotopic (exact) mass is 343 g/mol. The van der Waals surface area contributed by atoms with Crippen LogP contribution in [-0.2, 0) is 14.3 Å². The van der Waals surface area contributed by atoms with Crippen LogP contribution in [0.4, 0.5) is 11.5 Å². The van der Waals surface area contributed by atoms with Crippen LogP contribution in [0, 0.1) is 18.8 Å². The number of amides is 2. The molecule has 3 rings (SSSR count). The van der Waals surface area contributed by atoms with E-state index in [0.29, 0.717) is 29.2 Å². The van der Waals surface area contributed by atoms with Gasteiger partial charge in [-0.05, 0) is 31.5 Å². The van der Waals surface area contributed by atoms with Gasteiger partial charge in [-0.25, -0.2) is 4.79 Å². The maximum atomic E-state index is 12.3. The van der Waals surface area contributed by atoms with Gasteiger partial charge in [0.15, 0.2) is 5.82 Å². The van der Waals surface area contributed by atoms with Gasteiger partial charge < -0.3 is 19.9 Å². The lowest BCUT2D eigenvalue weighted by molar-refractivity contribution is -0.122. The molecule has 8 nitrogen and oxygen atoms in total. The molecule has 1 fully saturated rings. The number of aromatic nitrogens is 1. The Kier molecular flexibility index (Phi) is 4.51. The Morgan fingerprint density at radius 3 is 2.52 bits per heavy atom. The Morgan fingerprint density at radius 2 is 1.88 bits per heavy atom. The SMILES string of the molecule is COC(=O)c1cccc(NC(=O)C2CC2C(=O)Nc2cc(C)on2)c1. The molecule has 1 aliphatic rings. The largest absolute Gasteiger partial charge is 0.465 e. The average Bonchev–Trinajstić information content (AvgIpc) is 3.31. The highest BCUT2D eigenvalue weighted by molar-refractivity contribution is 6.03. The van der Waals surface area contributed by atoms with Crippen LogP contribution in [0.25, 0.3) is 0 Å². The molecule has 2 N–H and O–H groups in total. The first-order chi connectivity index (χ1) is 12.0. The third-order valence-electron chi connectivity index (χ3n) is 3.89. The third-order valence-corrected chi connectivity index (χ3v) is 3.89. The minimum atomic E-state index is -0.484. The van der Waals surface area contributed by atoms with E-state index in [1.165, 1.54) is 13.2 Å². The van der Waals surface area contributed by atoms with Gasteiger partial charge in [0.25, 0.3) is 0 Å². The lowest BCUT2D eigenvalue weighted by Crippen LogP contribution is -2.20. The molecule has 0 bridgehead atoms. The van der Waals surface area contributed by atoms with E-state index >= 15 is 0 Å². The van der Waals surface area contributed by atoms with Crippen LogP contribution < -0.4 is 10.6 Å². The van der Waals surface area contributed by atoms with Crippen molar-refractivity contribution in [3.63, 3.8) is 0 Å². The van der Waals surface area contributed by atoms with Crippen LogP contribution >= 0.6 is 0 Å². The van der Waals surface area contributed by atoms with Gasteiger partial charge in [0.1, 0.15) is 5.76 Å². The first kappa shape index (κ1) is 16.7. The number of ether oxygens (including phenoxy) is 1. The predicted molar refractivity (Wildman–Crippen MR) is 87.9 cm³/mol. The molecule has 1 aromatic heterocycles. The van der Waals surface area contributed by atoms with Gasteiger partial charge in [-0.15, -0.1) is 0 Å². The first-order valence-corrected chi connectivity index (χ1v) is 7.71. The quantitative estimate of drug-likeness (QED) is 0.803. The molecule has 2 amide bonds. The van der Waals surface area contributed by atoms with Gasteiger partial charge >= 0.3 is 5.97 Å². The Bertz CT molecular complexity index is 829. The summed E-state index contributed by atoms with van der Waals surface area (Å²) in [6, 6.07) is 8.04. The van der Waals surface area contributed by atoms with Crippen molar-refractivity contribution >= 4 is 29.3 Å². The Labute approximate surface area is 143 Å². The van der Waals surface area contributed by atoms with Crippen molar-refractivity contribution in [2.24, 2.45) is 11.8 Å². The number of carbonyl (C=O) groups is 3. The van der Waals surface area contributed by atoms with E-state index < -0.39 is 17.8 Å². The minimum absolute atomic E-state index is 0.265. The molecule has 0 saturated heterocycles. The van der Waals surface area contributed by atoms with Crippen molar-refractivity contribution in [2.45, 2.75) is 13.3 Å².